The van der Waals surface area contributed by atoms with E-state index in [2.05, 4.69) is 16.4 Å². The van der Waals surface area contributed by atoms with Crippen LogP contribution in [0.4, 0.5) is 0 Å². The molecule has 23 heavy (non-hydrogen) atoms. The Kier molecular flexibility index (Phi) is 4.11. The van der Waals surface area contributed by atoms with E-state index in [1.54, 1.807) is 0 Å². The van der Waals surface area contributed by atoms with Crippen LogP contribution in [-0.2, 0) is 0 Å². The zero-order valence-corrected chi connectivity index (χ0v) is 13.6. The highest BCUT2D eigenvalue weighted by molar-refractivity contribution is 5.98. The number of benzene rings is 2. The molecule has 3 aromatic rings. The number of nitrogens with zero attached hydrogens (tertiary/aromatic N) is 1. The molecule has 0 saturated carbocycles. The molecule has 1 N–H and O–H groups in total. The van der Waals surface area contributed by atoms with Crippen LogP contribution in [0, 0.1) is 13.8 Å². The fourth-order valence-corrected chi connectivity index (χ4v) is 2.72. The van der Waals surface area contributed by atoms with Gasteiger partial charge in [0.15, 0.2) is 0 Å². The van der Waals surface area contributed by atoms with E-state index in [4.69, 9.17) is 0 Å². The van der Waals surface area contributed by atoms with Gasteiger partial charge in [0.25, 0.3) is 5.91 Å². The van der Waals surface area contributed by atoms with E-state index in [0.717, 1.165) is 27.7 Å². The van der Waals surface area contributed by atoms with Crippen molar-refractivity contribution in [2.45, 2.75) is 26.8 Å². The fourth-order valence-electron chi connectivity index (χ4n) is 2.72. The van der Waals surface area contributed by atoms with Crippen LogP contribution >= 0.6 is 0 Å². The zero-order valence-electron chi connectivity index (χ0n) is 13.6. The van der Waals surface area contributed by atoms with Gasteiger partial charge in [0.1, 0.15) is 0 Å². The second-order valence-corrected chi connectivity index (χ2v) is 5.92. The first-order valence-electron chi connectivity index (χ1n) is 7.78. The third-order valence-corrected chi connectivity index (χ3v) is 4.05. The lowest BCUT2D eigenvalue weighted by Gasteiger charge is -2.15. The molecule has 0 aliphatic heterocycles. The minimum absolute atomic E-state index is 0.0451. The van der Waals surface area contributed by atoms with Crippen molar-refractivity contribution in [2.24, 2.45) is 0 Å². The molecule has 0 aliphatic rings. The molecule has 1 amide bonds. The van der Waals surface area contributed by atoms with E-state index >= 15 is 0 Å². The van der Waals surface area contributed by atoms with Crippen molar-refractivity contribution >= 4 is 16.8 Å². The molecule has 2 aromatic carbocycles. The Morgan fingerprint density at radius 2 is 1.78 bits per heavy atom. The van der Waals surface area contributed by atoms with Crippen LogP contribution in [0.25, 0.3) is 10.9 Å². The first kappa shape index (κ1) is 15.2. The third-order valence-electron chi connectivity index (χ3n) is 4.05. The summed E-state index contributed by atoms with van der Waals surface area (Å²) in [4.78, 5) is 17.2. The molecular weight excluding hydrogens is 284 g/mol. The summed E-state index contributed by atoms with van der Waals surface area (Å²) in [5.74, 6) is -0.0882. The molecule has 3 heteroatoms. The van der Waals surface area contributed by atoms with E-state index in [1.807, 2.05) is 69.3 Å². The van der Waals surface area contributed by atoms with E-state index in [9.17, 15) is 4.79 Å². The number of pyridine rings is 1. The van der Waals surface area contributed by atoms with Crippen molar-refractivity contribution in [1.82, 2.24) is 10.3 Å². The summed E-state index contributed by atoms with van der Waals surface area (Å²) in [5, 5.41) is 4.05. The van der Waals surface area contributed by atoms with Gasteiger partial charge in [-0.25, -0.2) is 0 Å². The summed E-state index contributed by atoms with van der Waals surface area (Å²) < 4.78 is 0. The van der Waals surface area contributed by atoms with E-state index < -0.39 is 0 Å². The summed E-state index contributed by atoms with van der Waals surface area (Å²) in [6, 6.07) is 17.9. The standard InChI is InChI=1S/C20H20N2O/c1-13-9-10-19-17(11-13)12-18(15(3)21-19)20(23)22-14(2)16-7-5-4-6-8-16/h4-12,14H,1-3H3,(H,22,23)/t14-/m1/s1. The largest absolute Gasteiger partial charge is 0.345 e. The number of nitrogens with one attached hydrogen (secondary N) is 1. The molecular formula is C20H20N2O. The third kappa shape index (κ3) is 3.24. The Balaban J connectivity index is 1.90. The number of carbonyl (C=O) groups excluding carboxylic acids is 1. The van der Waals surface area contributed by atoms with Gasteiger partial charge in [-0.1, -0.05) is 42.0 Å². The van der Waals surface area contributed by atoms with Crippen molar-refractivity contribution < 1.29 is 4.79 Å². The molecule has 1 aromatic heterocycles. The first-order chi connectivity index (χ1) is 11.0. The van der Waals surface area contributed by atoms with Gasteiger partial charge in [0, 0.05) is 5.39 Å². The maximum Gasteiger partial charge on any atom is 0.253 e. The lowest BCUT2D eigenvalue weighted by Crippen LogP contribution is -2.27. The minimum Gasteiger partial charge on any atom is -0.345 e. The lowest BCUT2D eigenvalue weighted by atomic mass is 10.1. The fraction of sp³-hybridized carbons (Fsp3) is 0.200. The van der Waals surface area contributed by atoms with Crippen LogP contribution < -0.4 is 5.32 Å². The van der Waals surface area contributed by atoms with Gasteiger partial charge in [-0.3, -0.25) is 9.78 Å². The van der Waals surface area contributed by atoms with Crippen molar-refractivity contribution in [3.05, 3.63) is 77.0 Å². The molecule has 116 valence electrons. The second kappa shape index (κ2) is 6.21. The van der Waals surface area contributed by atoms with Crippen molar-refractivity contribution in [3.63, 3.8) is 0 Å². The van der Waals surface area contributed by atoms with Crippen LogP contribution in [0.2, 0.25) is 0 Å². The molecule has 3 nitrogen and oxygen atoms in total. The number of hydrogen-bond donors (Lipinski definition) is 1. The highest BCUT2D eigenvalue weighted by Gasteiger charge is 2.15. The number of hydrogen-bond acceptors (Lipinski definition) is 2. The van der Waals surface area contributed by atoms with Crippen LogP contribution in [0.5, 0.6) is 0 Å². The number of aromatic nitrogens is 1. The Labute approximate surface area is 136 Å². The molecule has 0 spiro atoms. The van der Waals surface area contributed by atoms with Gasteiger partial charge in [0.2, 0.25) is 0 Å². The smallest absolute Gasteiger partial charge is 0.253 e. The summed E-state index contributed by atoms with van der Waals surface area (Å²) in [5.41, 5.74) is 4.54. The molecule has 0 unspecified atom stereocenters. The second-order valence-electron chi connectivity index (χ2n) is 5.92. The zero-order chi connectivity index (χ0) is 16.4. The van der Waals surface area contributed by atoms with Gasteiger partial charge in [-0.2, -0.15) is 0 Å². The number of fused-ring (bicyclic) bond motifs is 1. The number of amides is 1. The van der Waals surface area contributed by atoms with Crippen LogP contribution in [0.3, 0.4) is 0 Å². The first-order valence-corrected chi connectivity index (χ1v) is 7.78. The Hall–Kier alpha value is -2.68. The summed E-state index contributed by atoms with van der Waals surface area (Å²) in [6.45, 7) is 5.90. The molecule has 1 heterocycles. The molecule has 0 aliphatic carbocycles. The van der Waals surface area contributed by atoms with Crippen LogP contribution in [0.15, 0.2) is 54.6 Å². The van der Waals surface area contributed by atoms with E-state index in [-0.39, 0.29) is 11.9 Å². The molecule has 0 fully saturated rings. The van der Waals surface area contributed by atoms with Crippen LogP contribution in [-0.4, -0.2) is 10.9 Å². The van der Waals surface area contributed by atoms with Gasteiger partial charge in [-0.15, -0.1) is 0 Å². The monoisotopic (exact) mass is 304 g/mol. The Morgan fingerprint density at radius 1 is 1.04 bits per heavy atom. The topological polar surface area (TPSA) is 42.0 Å². The van der Waals surface area contributed by atoms with E-state index in [0.29, 0.717) is 5.56 Å². The van der Waals surface area contributed by atoms with E-state index in [1.165, 1.54) is 0 Å². The number of rotatable bonds is 3. The van der Waals surface area contributed by atoms with Gasteiger partial charge in [0.05, 0.1) is 22.8 Å². The van der Waals surface area contributed by atoms with Crippen molar-refractivity contribution in [1.29, 1.82) is 0 Å². The predicted octanol–water partition coefficient (Wildman–Crippen LogP) is 4.34. The van der Waals surface area contributed by atoms with Crippen molar-refractivity contribution in [2.75, 3.05) is 0 Å². The highest BCUT2D eigenvalue weighted by Crippen LogP contribution is 2.19. The van der Waals surface area contributed by atoms with Gasteiger partial charge in [-0.05, 0) is 44.5 Å². The molecule has 0 bridgehead atoms. The Bertz CT molecular complexity index is 856. The summed E-state index contributed by atoms with van der Waals surface area (Å²) in [7, 11) is 0. The number of carbonyl (C=O) groups is 1. The average Bonchev–Trinajstić information content (AvgIpc) is 2.55. The molecule has 0 saturated heterocycles. The van der Waals surface area contributed by atoms with Gasteiger partial charge < -0.3 is 5.32 Å². The maximum atomic E-state index is 12.6. The predicted molar refractivity (Wildman–Crippen MR) is 93.5 cm³/mol. The quantitative estimate of drug-likeness (QED) is 0.782. The SMILES string of the molecule is Cc1ccc2nc(C)c(C(=O)N[C@H](C)c3ccccc3)cc2c1. The average molecular weight is 304 g/mol. The van der Waals surface area contributed by atoms with Gasteiger partial charge >= 0.3 is 0 Å². The maximum absolute atomic E-state index is 12.6. The Morgan fingerprint density at radius 3 is 2.52 bits per heavy atom. The summed E-state index contributed by atoms with van der Waals surface area (Å²) >= 11 is 0. The highest BCUT2D eigenvalue weighted by atomic mass is 16.1. The molecule has 0 radical (unpaired) electrons. The van der Waals surface area contributed by atoms with Crippen LogP contribution in [0.1, 0.15) is 40.1 Å². The minimum atomic E-state index is -0.0882. The normalized spacial score (nSPS) is 12.1. The molecule has 3 rings (SSSR count). The summed E-state index contributed by atoms with van der Waals surface area (Å²) in [6.07, 6.45) is 0. The number of aryl methyl sites for hydroxylation is 2. The lowest BCUT2D eigenvalue weighted by molar-refractivity contribution is 0.0939. The van der Waals surface area contributed by atoms with Crippen molar-refractivity contribution in [3.8, 4) is 0 Å². The molecule has 1 atom stereocenters.